The number of aromatic nitrogens is 2. The van der Waals surface area contributed by atoms with Crippen molar-refractivity contribution in [3.05, 3.63) is 39.8 Å². The maximum absolute atomic E-state index is 12.4. The van der Waals surface area contributed by atoms with Crippen LogP contribution in [0.5, 0.6) is 0 Å². The third kappa shape index (κ3) is 3.59. The van der Waals surface area contributed by atoms with Gasteiger partial charge in [-0.2, -0.15) is 0 Å². The van der Waals surface area contributed by atoms with E-state index >= 15 is 0 Å². The van der Waals surface area contributed by atoms with Gasteiger partial charge in [-0.15, -0.1) is 11.3 Å². The first kappa shape index (κ1) is 17.4. The first-order chi connectivity index (χ1) is 12.6. The predicted molar refractivity (Wildman–Crippen MR) is 102 cm³/mol. The lowest BCUT2D eigenvalue weighted by atomic mass is 9.92. The SMILES string of the molecule is CC1CN(c2ncc3c(n2)CCCC3NC(=O)c2cccs2)CC(C)O1. The van der Waals surface area contributed by atoms with Gasteiger partial charge in [0.1, 0.15) is 0 Å². The molecule has 6 nitrogen and oxygen atoms in total. The van der Waals surface area contributed by atoms with Gasteiger partial charge in [-0.05, 0) is 44.6 Å². The normalized spacial score (nSPS) is 25.6. The number of morpholine rings is 1. The molecule has 1 aliphatic carbocycles. The van der Waals surface area contributed by atoms with Crippen molar-refractivity contribution >= 4 is 23.2 Å². The van der Waals surface area contributed by atoms with Crippen LogP contribution in [0, 0.1) is 0 Å². The lowest BCUT2D eigenvalue weighted by Gasteiger charge is -2.36. The number of carbonyl (C=O) groups excluding carboxylic acids is 1. The fraction of sp³-hybridized carbons (Fsp3) is 0.526. The Balaban J connectivity index is 1.53. The predicted octanol–water partition coefficient (Wildman–Crippen LogP) is 2.96. The molecule has 0 radical (unpaired) electrons. The van der Waals surface area contributed by atoms with Crippen LogP contribution in [0.4, 0.5) is 5.95 Å². The number of amides is 1. The first-order valence-corrected chi connectivity index (χ1v) is 10.1. The number of hydrogen-bond acceptors (Lipinski definition) is 6. The number of hydrogen-bond donors (Lipinski definition) is 1. The number of carbonyl (C=O) groups is 1. The Morgan fingerprint density at radius 3 is 2.88 bits per heavy atom. The zero-order valence-corrected chi connectivity index (χ0v) is 16.0. The van der Waals surface area contributed by atoms with E-state index < -0.39 is 0 Å². The summed E-state index contributed by atoms with van der Waals surface area (Å²) in [5.74, 6) is 0.758. The molecule has 3 heterocycles. The quantitative estimate of drug-likeness (QED) is 0.897. The van der Waals surface area contributed by atoms with Gasteiger partial charge in [-0.1, -0.05) is 6.07 Å². The highest BCUT2D eigenvalue weighted by atomic mass is 32.1. The molecule has 2 aliphatic rings. The molecule has 1 aliphatic heterocycles. The number of nitrogens with one attached hydrogen (secondary N) is 1. The number of anilines is 1. The molecule has 2 aromatic rings. The first-order valence-electron chi connectivity index (χ1n) is 9.20. The maximum atomic E-state index is 12.4. The number of fused-ring (bicyclic) bond motifs is 1. The molecule has 2 aromatic heterocycles. The molecule has 1 N–H and O–H groups in total. The van der Waals surface area contributed by atoms with Crippen LogP contribution >= 0.6 is 11.3 Å². The second-order valence-electron chi connectivity index (χ2n) is 7.13. The van der Waals surface area contributed by atoms with Gasteiger partial charge < -0.3 is 15.0 Å². The van der Waals surface area contributed by atoms with Crippen LogP contribution in [-0.2, 0) is 11.2 Å². The van der Waals surface area contributed by atoms with E-state index in [1.165, 1.54) is 11.3 Å². The van der Waals surface area contributed by atoms with Crippen molar-refractivity contribution in [3.8, 4) is 0 Å². The average Bonchev–Trinajstić information content (AvgIpc) is 3.15. The monoisotopic (exact) mass is 372 g/mol. The molecular formula is C19H24N4O2S. The van der Waals surface area contributed by atoms with Crippen molar-refractivity contribution in [2.45, 2.75) is 51.4 Å². The van der Waals surface area contributed by atoms with Gasteiger partial charge in [-0.3, -0.25) is 4.79 Å². The molecule has 1 amide bonds. The summed E-state index contributed by atoms with van der Waals surface area (Å²) >= 11 is 1.46. The maximum Gasteiger partial charge on any atom is 0.261 e. The summed E-state index contributed by atoms with van der Waals surface area (Å²) in [6.45, 7) is 5.78. The van der Waals surface area contributed by atoms with Gasteiger partial charge in [0.05, 0.1) is 28.8 Å². The lowest BCUT2D eigenvalue weighted by Crippen LogP contribution is -2.46. The zero-order chi connectivity index (χ0) is 18.1. The van der Waals surface area contributed by atoms with Crippen LogP contribution in [0.25, 0.3) is 0 Å². The number of aryl methyl sites for hydroxylation is 1. The zero-order valence-electron chi connectivity index (χ0n) is 15.1. The van der Waals surface area contributed by atoms with Crippen molar-refractivity contribution in [2.75, 3.05) is 18.0 Å². The number of thiophene rings is 1. The third-order valence-corrected chi connectivity index (χ3v) is 5.79. The molecule has 138 valence electrons. The fourth-order valence-electron chi connectivity index (χ4n) is 3.82. The molecule has 7 heteroatoms. The molecule has 0 aromatic carbocycles. The summed E-state index contributed by atoms with van der Waals surface area (Å²) < 4.78 is 5.80. The van der Waals surface area contributed by atoms with Gasteiger partial charge in [0.2, 0.25) is 5.95 Å². The highest BCUT2D eigenvalue weighted by Gasteiger charge is 2.28. The van der Waals surface area contributed by atoms with Gasteiger partial charge in [0.25, 0.3) is 5.91 Å². The Labute approximate surface area is 157 Å². The van der Waals surface area contributed by atoms with E-state index in [2.05, 4.69) is 29.0 Å². The minimum atomic E-state index is -0.0160. The van der Waals surface area contributed by atoms with Crippen molar-refractivity contribution in [1.29, 1.82) is 0 Å². The molecule has 3 unspecified atom stereocenters. The van der Waals surface area contributed by atoms with Crippen molar-refractivity contribution < 1.29 is 9.53 Å². The van der Waals surface area contributed by atoms with E-state index in [9.17, 15) is 4.79 Å². The van der Waals surface area contributed by atoms with Gasteiger partial charge in [0, 0.05) is 24.8 Å². The Morgan fingerprint density at radius 2 is 2.15 bits per heavy atom. The molecule has 4 rings (SSSR count). The lowest BCUT2D eigenvalue weighted by molar-refractivity contribution is -0.00574. The Kier molecular flexibility index (Phi) is 4.91. The highest BCUT2D eigenvalue weighted by Crippen LogP contribution is 2.30. The summed E-state index contributed by atoms with van der Waals surface area (Å²) in [7, 11) is 0. The van der Waals surface area contributed by atoms with E-state index in [1.807, 2.05) is 23.7 Å². The van der Waals surface area contributed by atoms with Crippen LogP contribution in [0.1, 0.15) is 53.7 Å². The van der Waals surface area contributed by atoms with Crippen LogP contribution in [0.15, 0.2) is 23.7 Å². The molecule has 0 bridgehead atoms. The van der Waals surface area contributed by atoms with Crippen LogP contribution in [-0.4, -0.2) is 41.2 Å². The number of nitrogens with zero attached hydrogens (tertiary/aromatic N) is 3. The Morgan fingerprint density at radius 1 is 1.35 bits per heavy atom. The number of ether oxygens (including phenoxy) is 1. The second-order valence-corrected chi connectivity index (χ2v) is 8.08. The van der Waals surface area contributed by atoms with E-state index in [-0.39, 0.29) is 24.2 Å². The molecule has 1 saturated heterocycles. The summed E-state index contributed by atoms with van der Waals surface area (Å²) in [6, 6.07) is 3.74. The standard InChI is InChI=1S/C19H24N4O2S/c1-12-10-23(11-13(2)25-12)19-20-9-14-15(5-3-6-16(14)22-19)21-18(24)17-7-4-8-26-17/h4,7-9,12-13,15H,3,5-6,10-11H2,1-2H3,(H,21,24). The van der Waals surface area contributed by atoms with Crippen LogP contribution in [0.3, 0.4) is 0 Å². The molecule has 1 fully saturated rings. The Hall–Kier alpha value is -1.99. The number of rotatable bonds is 3. The summed E-state index contributed by atoms with van der Waals surface area (Å²) in [4.78, 5) is 24.8. The van der Waals surface area contributed by atoms with Gasteiger partial charge >= 0.3 is 0 Å². The fourth-order valence-corrected chi connectivity index (χ4v) is 4.44. The van der Waals surface area contributed by atoms with Crippen molar-refractivity contribution in [1.82, 2.24) is 15.3 Å². The minimum Gasteiger partial charge on any atom is -0.372 e. The average molecular weight is 372 g/mol. The molecular weight excluding hydrogens is 348 g/mol. The van der Waals surface area contributed by atoms with Gasteiger partial charge in [0.15, 0.2) is 0 Å². The van der Waals surface area contributed by atoms with Crippen LogP contribution in [0.2, 0.25) is 0 Å². The third-order valence-electron chi connectivity index (χ3n) is 4.92. The topological polar surface area (TPSA) is 67.4 Å². The van der Waals surface area contributed by atoms with E-state index in [4.69, 9.17) is 9.72 Å². The minimum absolute atomic E-state index is 0.00932. The van der Waals surface area contributed by atoms with E-state index in [0.717, 1.165) is 54.4 Å². The summed E-state index contributed by atoms with van der Waals surface area (Å²) in [6.07, 6.45) is 5.15. The highest BCUT2D eigenvalue weighted by molar-refractivity contribution is 7.12. The summed E-state index contributed by atoms with van der Waals surface area (Å²) in [5, 5.41) is 5.07. The van der Waals surface area contributed by atoms with E-state index in [0.29, 0.717) is 0 Å². The van der Waals surface area contributed by atoms with Gasteiger partial charge in [-0.25, -0.2) is 9.97 Å². The molecule has 3 atom stereocenters. The second kappa shape index (κ2) is 7.32. The smallest absolute Gasteiger partial charge is 0.261 e. The molecule has 0 saturated carbocycles. The van der Waals surface area contributed by atoms with Crippen molar-refractivity contribution in [2.24, 2.45) is 0 Å². The van der Waals surface area contributed by atoms with E-state index in [1.54, 1.807) is 0 Å². The summed E-state index contributed by atoms with van der Waals surface area (Å²) in [5.41, 5.74) is 2.11. The largest absolute Gasteiger partial charge is 0.372 e. The molecule has 0 spiro atoms. The van der Waals surface area contributed by atoms with Crippen molar-refractivity contribution in [3.63, 3.8) is 0 Å². The Bertz CT molecular complexity index is 770. The molecule has 26 heavy (non-hydrogen) atoms. The van der Waals surface area contributed by atoms with Crippen LogP contribution < -0.4 is 10.2 Å².